The molecule has 1 aliphatic carbocycles. The Morgan fingerprint density at radius 3 is 2.50 bits per heavy atom. The summed E-state index contributed by atoms with van der Waals surface area (Å²) in [5, 5.41) is 17.2. The van der Waals surface area contributed by atoms with Crippen LogP contribution in [0.1, 0.15) is 56.5 Å². The van der Waals surface area contributed by atoms with Crippen molar-refractivity contribution in [3.05, 3.63) is 17.0 Å². The summed E-state index contributed by atoms with van der Waals surface area (Å²) in [5.41, 5.74) is 3.56. The fourth-order valence-corrected chi connectivity index (χ4v) is 3.76. The van der Waals surface area contributed by atoms with Crippen LogP contribution in [0.5, 0.6) is 0 Å². The van der Waals surface area contributed by atoms with Crippen molar-refractivity contribution in [2.24, 2.45) is 17.8 Å². The van der Waals surface area contributed by atoms with E-state index in [0.717, 1.165) is 36.5 Å². The monoisotopic (exact) mass is 307 g/mol. The second kappa shape index (κ2) is 8.11. The highest BCUT2D eigenvalue weighted by Gasteiger charge is 2.23. The van der Waals surface area contributed by atoms with E-state index in [1.165, 1.54) is 36.9 Å². The molecule has 0 unspecified atom stereocenters. The zero-order valence-electron chi connectivity index (χ0n) is 14.7. The van der Waals surface area contributed by atoms with Gasteiger partial charge in [0.25, 0.3) is 0 Å². The molecule has 1 aromatic heterocycles. The Kier molecular flexibility index (Phi) is 6.45. The van der Waals surface area contributed by atoms with Gasteiger partial charge in [0, 0.05) is 17.8 Å². The fraction of sp³-hybridized carbons (Fsp3) is 0.833. The first-order chi connectivity index (χ1) is 10.5. The number of aliphatic hydroxyl groups is 1. The van der Waals surface area contributed by atoms with Gasteiger partial charge >= 0.3 is 0 Å². The third kappa shape index (κ3) is 4.32. The number of hydrogen-bond donors (Lipinski definition) is 2. The molecule has 0 aliphatic heterocycles. The van der Waals surface area contributed by atoms with Crippen molar-refractivity contribution in [1.82, 2.24) is 15.1 Å². The largest absolute Gasteiger partial charge is 0.394 e. The first-order valence-corrected chi connectivity index (χ1v) is 8.87. The van der Waals surface area contributed by atoms with Gasteiger partial charge in [0.2, 0.25) is 0 Å². The zero-order valence-corrected chi connectivity index (χ0v) is 14.7. The molecule has 22 heavy (non-hydrogen) atoms. The van der Waals surface area contributed by atoms with E-state index in [9.17, 15) is 0 Å². The average molecular weight is 307 g/mol. The van der Waals surface area contributed by atoms with E-state index in [-0.39, 0.29) is 6.61 Å². The quantitative estimate of drug-likeness (QED) is 0.814. The lowest BCUT2D eigenvalue weighted by molar-refractivity contribution is 0.220. The highest BCUT2D eigenvalue weighted by molar-refractivity contribution is 5.24. The van der Waals surface area contributed by atoms with Crippen molar-refractivity contribution < 1.29 is 5.11 Å². The minimum atomic E-state index is 0.147. The van der Waals surface area contributed by atoms with Crippen molar-refractivity contribution in [3.63, 3.8) is 0 Å². The Bertz CT molecular complexity index is 459. The SMILES string of the molecule is Cc1nn(CCO)c(C)c1CNCC1CCC(C(C)C)CC1. The molecule has 0 radical (unpaired) electrons. The van der Waals surface area contributed by atoms with Crippen LogP contribution >= 0.6 is 0 Å². The molecule has 4 nitrogen and oxygen atoms in total. The Labute approximate surface area is 135 Å². The topological polar surface area (TPSA) is 50.1 Å². The Balaban J connectivity index is 1.78. The maximum absolute atomic E-state index is 9.07. The van der Waals surface area contributed by atoms with Gasteiger partial charge in [0.1, 0.15) is 0 Å². The summed E-state index contributed by atoms with van der Waals surface area (Å²) >= 11 is 0. The molecule has 0 spiro atoms. The lowest BCUT2D eigenvalue weighted by Crippen LogP contribution is -2.27. The first-order valence-electron chi connectivity index (χ1n) is 8.87. The fourth-order valence-electron chi connectivity index (χ4n) is 3.76. The van der Waals surface area contributed by atoms with Crippen molar-refractivity contribution in [3.8, 4) is 0 Å². The second-order valence-corrected chi connectivity index (χ2v) is 7.25. The van der Waals surface area contributed by atoms with E-state index in [0.29, 0.717) is 6.54 Å². The van der Waals surface area contributed by atoms with Crippen molar-refractivity contribution >= 4 is 0 Å². The molecule has 0 aromatic carbocycles. The molecular formula is C18H33N3O. The van der Waals surface area contributed by atoms with E-state index in [4.69, 9.17) is 5.11 Å². The van der Waals surface area contributed by atoms with E-state index in [2.05, 4.69) is 38.1 Å². The molecule has 2 rings (SSSR count). The van der Waals surface area contributed by atoms with Gasteiger partial charge in [-0.3, -0.25) is 4.68 Å². The summed E-state index contributed by atoms with van der Waals surface area (Å²) in [7, 11) is 0. The number of aryl methyl sites for hydroxylation is 1. The number of aliphatic hydroxyl groups excluding tert-OH is 1. The first kappa shape index (κ1) is 17.5. The van der Waals surface area contributed by atoms with Gasteiger partial charge in [-0.1, -0.05) is 13.8 Å². The van der Waals surface area contributed by atoms with Crippen LogP contribution in [0.15, 0.2) is 0 Å². The number of aromatic nitrogens is 2. The van der Waals surface area contributed by atoms with Gasteiger partial charge in [-0.2, -0.15) is 5.10 Å². The third-order valence-electron chi connectivity index (χ3n) is 5.41. The van der Waals surface area contributed by atoms with E-state index in [1.807, 2.05) is 4.68 Å². The second-order valence-electron chi connectivity index (χ2n) is 7.25. The molecule has 126 valence electrons. The Hall–Kier alpha value is -0.870. The van der Waals surface area contributed by atoms with Crippen molar-refractivity contribution in [2.75, 3.05) is 13.2 Å². The summed E-state index contributed by atoms with van der Waals surface area (Å²) in [5.74, 6) is 2.62. The van der Waals surface area contributed by atoms with Gasteiger partial charge < -0.3 is 10.4 Å². The molecule has 2 N–H and O–H groups in total. The average Bonchev–Trinajstić information content (AvgIpc) is 2.75. The molecule has 1 heterocycles. The van der Waals surface area contributed by atoms with Crippen LogP contribution in [0.3, 0.4) is 0 Å². The zero-order chi connectivity index (χ0) is 16.1. The molecule has 1 fully saturated rings. The van der Waals surface area contributed by atoms with Gasteiger partial charge in [0.05, 0.1) is 18.8 Å². The normalized spacial score (nSPS) is 22.5. The van der Waals surface area contributed by atoms with Crippen LogP contribution in [0.25, 0.3) is 0 Å². The highest BCUT2D eigenvalue weighted by Crippen LogP contribution is 2.32. The number of nitrogens with one attached hydrogen (secondary N) is 1. The smallest absolute Gasteiger partial charge is 0.0644 e. The summed E-state index contributed by atoms with van der Waals surface area (Å²) < 4.78 is 1.92. The van der Waals surface area contributed by atoms with Crippen LogP contribution in [0.4, 0.5) is 0 Å². The van der Waals surface area contributed by atoms with Crippen molar-refractivity contribution in [2.45, 2.75) is 66.5 Å². The van der Waals surface area contributed by atoms with Crippen LogP contribution in [-0.2, 0) is 13.1 Å². The van der Waals surface area contributed by atoms with Crippen LogP contribution < -0.4 is 5.32 Å². The van der Waals surface area contributed by atoms with Gasteiger partial charge in [-0.05, 0) is 63.8 Å². The lowest BCUT2D eigenvalue weighted by atomic mass is 9.77. The molecule has 0 atom stereocenters. The van der Waals surface area contributed by atoms with Crippen LogP contribution in [-0.4, -0.2) is 28.0 Å². The predicted octanol–water partition coefficient (Wildman–Crippen LogP) is 3.04. The molecule has 0 saturated heterocycles. The minimum absolute atomic E-state index is 0.147. The van der Waals surface area contributed by atoms with Gasteiger partial charge in [0.15, 0.2) is 0 Å². The molecule has 4 heteroatoms. The summed E-state index contributed by atoms with van der Waals surface area (Å²) in [6.07, 6.45) is 5.54. The highest BCUT2D eigenvalue weighted by atomic mass is 16.3. The Morgan fingerprint density at radius 2 is 1.91 bits per heavy atom. The standard InChI is InChI=1S/C18H33N3O/c1-13(2)17-7-5-16(6-8-17)11-19-12-18-14(3)20-21(9-10-22)15(18)4/h13,16-17,19,22H,5-12H2,1-4H3. The number of hydrogen-bond acceptors (Lipinski definition) is 3. The summed E-state index contributed by atoms with van der Waals surface area (Å²) in [4.78, 5) is 0. The van der Waals surface area contributed by atoms with Crippen molar-refractivity contribution in [1.29, 1.82) is 0 Å². The van der Waals surface area contributed by atoms with Gasteiger partial charge in [-0.15, -0.1) is 0 Å². The molecule has 1 aromatic rings. The van der Waals surface area contributed by atoms with E-state index >= 15 is 0 Å². The molecule has 1 saturated carbocycles. The maximum atomic E-state index is 9.07. The molecule has 1 aliphatic rings. The number of nitrogens with zero attached hydrogens (tertiary/aromatic N) is 2. The summed E-state index contributed by atoms with van der Waals surface area (Å²) in [6, 6.07) is 0. The molecule has 0 bridgehead atoms. The maximum Gasteiger partial charge on any atom is 0.0644 e. The minimum Gasteiger partial charge on any atom is -0.394 e. The molecule has 0 amide bonds. The van der Waals surface area contributed by atoms with Crippen LogP contribution in [0, 0.1) is 31.6 Å². The van der Waals surface area contributed by atoms with E-state index < -0.39 is 0 Å². The summed E-state index contributed by atoms with van der Waals surface area (Å²) in [6.45, 7) is 11.6. The van der Waals surface area contributed by atoms with E-state index in [1.54, 1.807) is 0 Å². The van der Waals surface area contributed by atoms with Crippen LogP contribution in [0.2, 0.25) is 0 Å². The Morgan fingerprint density at radius 1 is 1.23 bits per heavy atom. The predicted molar refractivity (Wildman–Crippen MR) is 90.8 cm³/mol. The van der Waals surface area contributed by atoms with Gasteiger partial charge in [-0.25, -0.2) is 0 Å². The number of rotatable bonds is 7. The third-order valence-corrected chi connectivity index (χ3v) is 5.41. The molecular weight excluding hydrogens is 274 g/mol. The lowest BCUT2D eigenvalue weighted by Gasteiger charge is -2.31.